The summed E-state index contributed by atoms with van der Waals surface area (Å²) >= 11 is 1.81. The Morgan fingerprint density at radius 2 is 0.967 bits per heavy atom. The summed E-state index contributed by atoms with van der Waals surface area (Å²) in [5.41, 5.74) is 12.2. The fourth-order valence-corrected chi connectivity index (χ4v) is 10.8. The van der Waals surface area contributed by atoms with Crippen LogP contribution in [-0.2, 0) is 0 Å². The second kappa shape index (κ2) is 13.3. The van der Waals surface area contributed by atoms with Gasteiger partial charge in [0.15, 0.2) is 0 Å². The molecule has 0 unspecified atom stereocenters. The monoisotopic (exact) mass is 794 g/mol. The lowest BCUT2D eigenvalue weighted by atomic mass is 9.99. The van der Waals surface area contributed by atoms with Crippen LogP contribution in [0.5, 0.6) is 0 Å². The molecule has 284 valence electrons. The van der Waals surface area contributed by atoms with E-state index in [1.807, 2.05) is 11.3 Å². The molecule has 0 saturated carbocycles. The molecule has 4 nitrogen and oxygen atoms in total. The quantitative estimate of drug-likeness (QED) is 0.174. The van der Waals surface area contributed by atoms with Crippen molar-refractivity contribution in [2.24, 2.45) is 0 Å². The van der Waals surface area contributed by atoms with Gasteiger partial charge in [-0.15, -0.1) is 11.3 Å². The van der Waals surface area contributed by atoms with Crippen molar-refractivity contribution in [3.05, 3.63) is 206 Å². The van der Waals surface area contributed by atoms with Gasteiger partial charge in [0.1, 0.15) is 0 Å². The average molecular weight is 795 g/mol. The lowest BCUT2D eigenvalue weighted by Gasteiger charge is -2.13. The molecule has 61 heavy (non-hydrogen) atoms. The molecular weight excluding hydrogens is 761 g/mol. The van der Waals surface area contributed by atoms with E-state index in [0.717, 1.165) is 44.4 Å². The third-order valence-electron chi connectivity index (χ3n) is 12.3. The van der Waals surface area contributed by atoms with Gasteiger partial charge in [-0.1, -0.05) is 146 Å². The molecule has 0 radical (unpaired) electrons. The van der Waals surface area contributed by atoms with E-state index in [2.05, 4.69) is 215 Å². The molecule has 0 saturated heterocycles. The summed E-state index contributed by atoms with van der Waals surface area (Å²) in [6.07, 6.45) is 0. The first-order chi connectivity index (χ1) is 30.2. The van der Waals surface area contributed by atoms with Gasteiger partial charge in [0.2, 0.25) is 5.95 Å². The Kier molecular flexibility index (Phi) is 7.44. The van der Waals surface area contributed by atoms with Gasteiger partial charge in [0.25, 0.3) is 0 Å². The Labute approximate surface area is 354 Å². The molecule has 0 amide bonds. The molecule has 0 spiro atoms. The van der Waals surface area contributed by atoms with Crippen LogP contribution in [0.3, 0.4) is 0 Å². The SMILES string of the molecule is c1ccc(-c2cc3ccc4nc(-n5c6ccc(-c7ccc8c(c7)c7ccccc7n8-c7ccccc7)cc6c6c7ccccc7ccc65)nc(-c5ccccc5)c4c3s2)cc1. The minimum Gasteiger partial charge on any atom is -0.309 e. The smallest absolute Gasteiger partial charge is 0.235 e. The largest absolute Gasteiger partial charge is 0.309 e. The molecule has 4 aromatic heterocycles. The second-order valence-corrected chi connectivity index (χ2v) is 16.8. The molecule has 0 bridgehead atoms. The summed E-state index contributed by atoms with van der Waals surface area (Å²) in [4.78, 5) is 12.2. The zero-order valence-electron chi connectivity index (χ0n) is 32.8. The van der Waals surface area contributed by atoms with Crippen LogP contribution in [-0.4, -0.2) is 19.1 Å². The summed E-state index contributed by atoms with van der Waals surface area (Å²) < 4.78 is 5.84. The molecule has 13 rings (SSSR count). The minimum atomic E-state index is 0.656. The highest BCUT2D eigenvalue weighted by atomic mass is 32.1. The maximum absolute atomic E-state index is 5.55. The molecule has 13 aromatic rings. The van der Waals surface area contributed by atoms with Gasteiger partial charge in [-0.2, -0.15) is 0 Å². The van der Waals surface area contributed by atoms with E-state index < -0.39 is 0 Å². The lowest BCUT2D eigenvalue weighted by molar-refractivity contribution is 1.01. The summed E-state index contributed by atoms with van der Waals surface area (Å²) in [6, 6.07) is 74.3. The summed E-state index contributed by atoms with van der Waals surface area (Å²) in [6.45, 7) is 0. The number of nitrogens with zero attached hydrogens (tertiary/aromatic N) is 4. The molecule has 0 N–H and O–H groups in total. The van der Waals surface area contributed by atoms with Crippen LogP contribution in [0.1, 0.15) is 0 Å². The number of para-hydroxylation sites is 2. The Bertz CT molecular complexity index is 3860. The van der Waals surface area contributed by atoms with E-state index in [9.17, 15) is 0 Å². The summed E-state index contributed by atoms with van der Waals surface area (Å²) in [5.74, 6) is 0.656. The zero-order chi connectivity index (χ0) is 40.0. The maximum Gasteiger partial charge on any atom is 0.235 e. The normalized spacial score (nSPS) is 11.9. The number of thiophene rings is 1. The summed E-state index contributed by atoms with van der Waals surface area (Å²) in [7, 11) is 0. The Hall–Kier alpha value is -7.86. The van der Waals surface area contributed by atoms with Crippen molar-refractivity contribution in [3.63, 3.8) is 0 Å². The van der Waals surface area contributed by atoms with Crippen molar-refractivity contribution >= 4 is 86.7 Å². The fraction of sp³-hybridized carbons (Fsp3) is 0. The molecule has 5 heteroatoms. The first kappa shape index (κ1) is 34.0. The third-order valence-corrected chi connectivity index (χ3v) is 13.5. The standard InChI is InChI=1S/C56H34N4S/c1-4-15-36(16-5-1)51-34-40-24-28-46-53(55(40)61-51)54(37-17-6-2-7-18-37)58-56(57-46)60-49-30-27-39(33-45(49)52-42-21-11-10-14-35(42)25-31-50(52)60)38-26-29-48-44(32-38)43-22-12-13-23-47(43)59(48)41-19-8-3-9-20-41/h1-34H. The highest BCUT2D eigenvalue weighted by Crippen LogP contribution is 2.43. The number of hydrogen-bond donors (Lipinski definition) is 0. The van der Waals surface area contributed by atoms with Crippen molar-refractivity contribution in [1.29, 1.82) is 0 Å². The minimum absolute atomic E-state index is 0.656. The topological polar surface area (TPSA) is 35.6 Å². The Morgan fingerprint density at radius 3 is 1.75 bits per heavy atom. The Morgan fingerprint density at radius 1 is 0.361 bits per heavy atom. The average Bonchev–Trinajstić information content (AvgIpc) is 4.02. The highest BCUT2D eigenvalue weighted by Gasteiger charge is 2.22. The van der Waals surface area contributed by atoms with Crippen molar-refractivity contribution < 1.29 is 0 Å². The van der Waals surface area contributed by atoms with Gasteiger partial charge in [-0.3, -0.25) is 4.57 Å². The van der Waals surface area contributed by atoms with Crippen LogP contribution >= 0.6 is 11.3 Å². The molecule has 0 aliphatic heterocycles. The number of aromatic nitrogens is 4. The van der Waals surface area contributed by atoms with Crippen LogP contribution in [0.2, 0.25) is 0 Å². The van der Waals surface area contributed by atoms with Crippen LogP contribution in [0, 0.1) is 0 Å². The van der Waals surface area contributed by atoms with E-state index >= 15 is 0 Å². The van der Waals surface area contributed by atoms with Crippen LogP contribution < -0.4 is 0 Å². The molecule has 9 aromatic carbocycles. The van der Waals surface area contributed by atoms with Gasteiger partial charge in [-0.25, -0.2) is 9.97 Å². The van der Waals surface area contributed by atoms with Gasteiger partial charge in [0, 0.05) is 47.8 Å². The van der Waals surface area contributed by atoms with Crippen molar-refractivity contribution in [3.8, 4) is 44.5 Å². The van der Waals surface area contributed by atoms with Gasteiger partial charge >= 0.3 is 0 Å². The summed E-state index contributed by atoms with van der Waals surface area (Å²) in [5, 5.41) is 9.53. The molecule has 0 atom stereocenters. The Balaban J connectivity index is 1.06. The number of benzene rings is 9. The number of rotatable bonds is 5. The van der Waals surface area contributed by atoms with E-state index in [1.54, 1.807) is 0 Å². The van der Waals surface area contributed by atoms with Crippen molar-refractivity contribution in [2.45, 2.75) is 0 Å². The highest BCUT2D eigenvalue weighted by molar-refractivity contribution is 7.23. The van der Waals surface area contributed by atoms with E-state index in [1.165, 1.54) is 69.4 Å². The predicted octanol–water partition coefficient (Wildman–Crippen LogP) is 15.2. The van der Waals surface area contributed by atoms with Crippen molar-refractivity contribution in [1.82, 2.24) is 19.1 Å². The van der Waals surface area contributed by atoms with Crippen LogP contribution in [0.25, 0.3) is 120 Å². The van der Waals surface area contributed by atoms with E-state index in [4.69, 9.17) is 9.97 Å². The fourth-order valence-electron chi connectivity index (χ4n) is 9.55. The van der Waals surface area contributed by atoms with E-state index in [-0.39, 0.29) is 0 Å². The molecule has 4 heterocycles. The second-order valence-electron chi connectivity index (χ2n) is 15.8. The number of fused-ring (bicyclic) bond motifs is 11. The molecule has 0 aliphatic rings. The van der Waals surface area contributed by atoms with Gasteiger partial charge in [-0.05, 0) is 93.5 Å². The van der Waals surface area contributed by atoms with Crippen molar-refractivity contribution in [2.75, 3.05) is 0 Å². The third kappa shape index (κ3) is 5.24. The van der Waals surface area contributed by atoms with Gasteiger partial charge in [0.05, 0.1) is 33.3 Å². The zero-order valence-corrected chi connectivity index (χ0v) is 33.6. The van der Waals surface area contributed by atoms with Crippen LogP contribution in [0.15, 0.2) is 206 Å². The van der Waals surface area contributed by atoms with E-state index in [0.29, 0.717) is 5.95 Å². The predicted molar refractivity (Wildman–Crippen MR) is 257 cm³/mol. The van der Waals surface area contributed by atoms with Crippen LogP contribution in [0.4, 0.5) is 0 Å². The first-order valence-electron chi connectivity index (χ1n) is 20.7. The first-order valence-corrected chi connectivity index (χ1v) is 21.5. The molecular formula is C56H34N4S. The van der Waals surface area contributed by atoms with Gasteiger partial charge < -0.3 is 4.57 Å². The lowest BCUT2D eigenvalue weighted by Crippen LogP contribution is -2.03. The maximum atomic E-state index is 5.55. The molecule has 0 aliphatic carbocycles. The number of hydrogen-bond acceptors (Lipinski definition) is 3. The molecule has 0 fully saturated rings.